The fourth-order valence-corrected chi connectivity index (χ4v) is 11.4. The molecule has 6 aromatic rings. The first-order valence-electron chi connectivity index (χ1n) is 21.2. The number of carbonyl (C=O) groups excluding carboxylic acids is 3. The van der Waals surface area contributed by atoms with Gasteiger partial charge < -0.3 is 24.3 Å². The molecular weight excluding hydrogens is 959 g/mol. The standard InChI is InChI=1S/C49H45Cl3N4O9S2/c1-5-55(29(3)57)49-54-47(28(2)66-49)67(60,61)56-25-36-24-44-43(64-27-45(65-44)34-13-17-38(18-14-34)63-26-31-8-19-39(51)40(52)20-31)23-35(36)22-42(56)46(58)53-41(48(59)62-4)21-30-6-9-32(10-7-30)33-11-15-37(50)16-12-33/h6-20,23-24,41-42,45H,5,21-22,25-27H2,1-4H3,(H,53,58)/t41-,42-,45?/m0/s1. The van der Waals surface area contributed by atoms with Crippen molar-refractivity contribution in [3.63, 3.8) is 0 Å². The maximum Gasteiger partial charge on any atom is 0.328 e. The van der Waals surface area contributed by atoms with Gasteiger partial charge in [-0.15, -0.1) is 11.3 Å². The Morgan fingerprint density at radius 1 is 0.896 bits per heavy atom. The van der Waals surface area contributed by atoms with Crippen molar-refractivity contribution >= 4 is 79.1 Å². The molecule has 348 valence electrons. The highest BCUT2D eigenvalue weighted by atomic mass is 35.5. The van der Waals surface area contributed by atoms with Gasteiger partial charge in [-0.1, -0.05) is 89.4 Å². The summed E-state index contributed by atoms with van der Waals surface area (Å²) in [5.74, 6) is -0.250. The van der Waals surface area contributed by atoms with Crippen LogP contribution in [0.15, 0.2) is 108 Å². The van der Waals surface area contributed by atoms with E-state index in [9.17, 15) is 22.8 Å². The number of aromatic nitrogens is 1. The first kappa shape index (κ1) is 47.8. The molecular formula is C49H45Cl3N4O9S2. The Balaban J connectivity index is 1.05. The monoisotopic (exact) mass is 1000 g/mol. The van der Waals surface area contributed by atoms with E-state index in [1.54, 1.807) is 50.2 Å². The summed E-state index contributed by atoms with van der Waals surface area (Å²) in [6.07, 6.45) is -0.506. The zero-order valence-electron chi connectivity index (χ0n) is 36.8. The molecule has 2 aliphatic rings. The normalized spacial score (nSPS) is 16.1. The molecule has 2 aliphatic heterocycles. The van der Waals surface area contributed by atoms with Crippen LogP contribution in [0.5, 0.6) is 17.2 Å². The molecule has 1 aromatic heterocycles. The van der Waals surface area contributed by atoms with Gasteiger partial charge in [0.15, 0.2) is 27.8 Å². The highest BCUT2D eigenvalue weighted by molar-refractivity contribution is 7.89. The van der Waals surface area contributed by atoms with Crippen LogP contribution in [-0.4, -0.2) is 67.8 Å². The quantitative estimate of drug-likeness (QED) is 0.104. The summed E-state index contributed by atoms with van der Waals surface area (Å²) in [6.45, 7) is 5.25. The molecule has 13 nitrogen and oxygen atoms in total. The number of nitrogens with zero attached hydrogens (tertiary/aromatic N) is 3. The summed E-state index contributed by atoms with van der Waals surface area (Å²) in [7, 11) is -3.30. The minimum Gasteiger partial charge on any atom is -0.489 e. The molecule has 3 atom stereocenters. The van der Waals surface area contributed by atoms with Crippen LogP contribution in [-0.2, 0) is 55.1 Å². The average Bonchev–Trinajstić information content (AvgIpc) is 3.72. The largest absolute Gasteiger partial charge is 0.489 e. The van der Waals surface area contributed by atoms with Crippen molar-refractivity contribution in [2.24, 2.45) is 0 Å². The second-order valence-electron chi connectivity index (χ2n) is 16.0. The third-order valence-electron chi connectivity index (χ3n) is 11.6. The summed E-state index contributed by atoms with van der Waals surface area (Å²) < 4.78 is 54.7. The van der Waals surface area contributed by atoms with Gasteiger partial charge in [0.2, 0.25) is 11.8 Å². The number of carbonyl (C=O) groups is 3. The van der Waals surface area contributed by atoms with Crippen molar-refractivity contribution in [2.75, 3.05) is 25.2 Å². The van der Waals surface area contributed by atoms with Crippen LogP contribution in [0.25, 0.3) is 11.1 Å². The van der Waals surface area contributed by atoms with E-state index in [0.717, 1.165) is 43.5 Å². The van der Waals surface area contributed by atoms with E-state index in [4.69, 9.17) is 53.8 Å². The molecule has 0 aliphatic carbocycles. The number of hydrogen-bond donors (Lipinski definition) is 1. The van der Waals surface area contributed by atoms with Crippen molar-refractivity contribution in [1.82, 2.24) is 14.6 Å². The molecule has 0 saturated carbocycles. The molecule has 8 rings (SSSR count). The Labute approximate surface area is 407 Å². The molecule has 1 unspecified atom stereocenters. The molecule has 0 fully saturated rings. The van der Waals surface area contributed by atoms with E-state index in [2.05, 4.69) is 10.3 Å². The highest BCUT2D eigenvalue weighted by Gasteiger charge is 2.44. The lowest BCUT2D eigenvalue weighted by atomic mass is 9.94. The number of hydrogen-bond acceptors (Lipinski definition) is 11. The maximum absolute atomic E-state index is 14.9. The van der Waals surface area contributed by atoms with Crippen LogP contribution in [0, 0.1) is 6.92 Å². The summed E-state index contributed by atoms with van der Waals surface area (Å²) in [6, 6.07) is 28.7. The zero-order valence-corrected chi connectivity index (χ0v) is 40.7. The SMILES string of the molecule is CCN(C(C)=O)c1nc(S(=O)(=O)N2Cc3cc4c(cc3C[C@H]2C(=O)N[C@@H](Cc2ccc(-c3ccc(Cl)cc3)cc2)C(=O)OC)OCC(c2ccc(OCc3ccc(Cl)c(Cl)c3)cc2)O4)c(C)s1. The Morgan fingerprint density at radius 3 is 2.22 bits per heavy atom. The lowest BCUT2D eigenvalue weighted by Gasteiger charge is -2.36. The van der Waals surface area contributed by atoms with Crippen molar-refractivity contribution in [3.8, 4) is 28.4 Å². The molecule has 0 saturated heterocycles. The van der Waals surface area contributed by atoms with Crippen molar-refractivity contribution in [3.05, 3.63) is 151 Å². The van der Waals surface area contributed by atoms with Gasteiger partial charge in [0.05, 0.1) is 17.2 Å². The number of ether oxygens (including phenoxy) is 4. The molecule has 67 heavy (non-hydrogen) atoms. The fourth-order valence-electron chi connectivity index (χ4n) is 7.98. The van der Waals surface area contributed by atoms with E-state index < -0.39 is 40.1 Å². The van der Waals surface area contributed by atoms with Crippen molar-refractivity contribution in [1.29, 1.82) is 0 Å². The summed E-state index contributed by atoms with van der Waals surface area (Å²) in [4.78, 5) is 46.5. The number of esters is 1. The van der Waals surface area contributed by atoms with Gasteiger partial charge in [0, 0.05) is 36.3 Å². The van der Waals surface area contributed by atoms with Crippen LogP contribution in [0.4, 0.5) is 5.13 Å². The van der Waals surface area contributed by atoms with Crippen molar-refractivity contribution < 1.29 is 41.7 Å². The van der Waals surface area contributed by atoms with Gasteiger partial charge in [-0.2, -0.15) is 4.31 Å². The number of anilines is 1. The number of halogens is 3. The second kappa shape index (κ2) is 20.3. The first-order valence-corrected chi connectivity index (χ1v) is 24.6. The predicted molar refractivity (Wildman–Crippen MR) is 258 cm³/mol. The molecule has 2 amide bonds. The van der Waals surface area contributed by atoms with Gasteiger partial charge in [-0.05, 0) is 108 Å². The van der Waals surface area contributed by atoms with E-state index in [1.165, 1.54) is 18.9 Å². The molecule has 1 N–H and O–H groups in total. The minimum atomic E-state index is -4.52. The van der Waals surface area contributed by atoms with E-state index >= 15 is 0 Å². The number of aryl methyl sites for hydroxylation is 1. The lowest BCUT2D eigenvalue weighted by Crippen LogP contribution is -2.56. The van der Waals surface area contributed by atoms with Gasteiger partial charge >= 0.3 is 5.97 Å². The third kappa shape index (κ3) is 10.6. The number of amides is 2. The van der Waals surface area contributed by atoms with Crippen LogP contribution in [0.1, 0.15) is 52.6 Å². The minimum absolute atomic E-state index is 0.0656. The summed E-state index contributed by atoms with van der Waals surface area (Å²) in [5.41, 5.74) is 5.54. The summed E-state index contributed by atoms with van der Waals surface area (Å²) >= 11 is 19.4. The number of rotatable bonds is 14. The number of benzene rings is 5. The maximum atomic E-state index is 14.9. The van der Waals surface area contributed by atoms with Gasteiger partial charge in [-0.25, -0.2) is 18.2 Å². The smallest absolute Gasteiger partial charge is 0.328 e. The van der Waals surface area contributed by atoms with E-state index in [1.807, 2.05) is 66.7 Å². The van der Waals surface area contributed by atoms with Crippen LogP contribution in [0.2, 0.25) is 15.1 Å². The Bertz CT molecular complexity index is 2930. The van der Waals surface area contributed by atoms with Gasteiger partial charge in [0.1, 0.15) is 31.0 Å². The number of sulfonamides is 1. The molecule has 0 spiro atoms. The van der Waals surface area contributed by atoms with Crippen LogP contribution in [0.3, 0.4) is 0 Å². The van der Waals surface area contributed by atoms with Gasteiger partial charge in [-0.3, -0.25) is 14.5 Å². The number of fused-ring (bicyclic) bond motifs is 2. The van der Waals surface area contributed by atoms with E-state index in [-0.39, 0.29) is 48.6 Å². The molecule has 0 radical (unpaired) electrons. The Hall–Kier alpha value is -5.68. The average molecular weight is 1000 g/mol. The molecule has 3 heterocycles. The second-order valence-corrected chi connectivity index (χ2v) is 20.2. The van der Waals surface area contributed by atoms with E-state index in [0.29, 0.717) is 54.9 Å². The first-order chi connectivity index (χ1) is 32.1. The highest BCUT2D eigenvalue weighted by Crippen LogP contribution is 2.42. The van der Waals surface area contributed by atoms with Crippen LogP contribution < -0.4 is 24.4 Å². The number of nitrogens with one attached hydrogen (secondary N) is 1. The van der Waals surface area contributed by atoms with Crippen LogP contribution >= 0.6 is 46.1 Å². The molecule has 18 heteroatoms. The topological polar surface area (TPSA) is 154 Å². The molecule has 5 aromatic carbocycles. The number of thiazole rings is 1. The third-order valence-corrected chi connectivity index (χ3v) is 15.6. The zero-order chi connectivity index (χ0) is 47.6. The van der Waals surface area contributed by atoms with Gasteiger partial charge in [0.25, 0.3) is 10.0 Å². The number of methoxy groups -OCH3 is 1. The summed E-state index contributed by atoms with van der Waals surface area (Å²) in [5, 5.41) is 4.28. The Morgan fingerprint density at radius 2 is 1.57 bits per heavy atom. The lowest BCUT2D eigenvalue weighted by molar-refractivity contribution is -0.145. The Kier molecular flexibility index (Phi) is 14.5. The van der Waals surface area contributed by atoms with Crippen molar-refractivity contribution in [2.45, 2.75) is 70.0 Å². The fraction of sp³-hybridized carbons (Fsp3) is 0.265. The molecule has 0 bridgehead atoms. The predicted octanol–water partition coefficient (Wildman–Crippen LogP) is 9.56.